The summed E-state index contributed by atoms with van der Waals surface area (Å²) >= 11 is 0. The molecule has 1 saturated heterocycles. The van der Waals surface area contributed by atoms with Gasteiger partial charge in [0.05, 0.1) is 23.6 Å². The molecule has 25 heavy (non-hydrogen) atoms. The van der Waals surface area contributed by atoms with Gasteiger partial charge in [-0.15, -0.1) is 0 Å². The predicted molar refractivity (Wildman–Crippen MR) is 101 cm³/mol. The van der Waals surface area contributed by atoms with E-state index in [2.05, 4.69) is 63.7 Å². The monoisotopic (exact) mass is 341 g/mol. The van der Waals surface area contributed by atoms with Crippen molar-refractivity contribution in [2.75, 3.05) is 37.4 Å². The van der Waals surface area contributed by atoms with Gasteiger partial charge in [-0.25, -0.2) is 0 Å². The van der Waals surface area contributed by atoms with E-state index in [1.54, 1.807) is 0 Å². The zero-order valence-corrected chi connectivity index (χ0v) is 15.5. The number of benzene rings is 1. The van der Waals surface area contributed by atoms with Crippen molar-refractivity contribution in [1.82, 2.24) is 15.1 Å². The summed E-state index contributed by atoms with van der Waals surface area (Å²) in [6.07, 6.45) is 2.21. The number of hydrogen-bond acceptors (Lipinski definition) is 4. The number of carbonyl (C=O) groups is 1. The van der Waals surface area contributed by atoms with Crippen molar-refractivity contribution >= 4 is 17.3 Å². The van der Waals surface area contributed by atoms with Crippen molar-refractivity contribution in [3.8, 4) is 0 Å². The number of aromatic nitrogens is 2. The molecule has 0 unspecified atom stereocenters. The zero-order chi connectivity index (χ0) is 18.0. The van der Waals surface area contributed by atoms with Gasteiger partial charge in [0.2, 0.25) is 5.91 Å². The van der Waals surface area contributed by atoms with E-state index >= 15 is 0 Å². The Morgan fingerprint density at radius 2 is 2.20 bits per heavy atom. The summed E-state index contributed by atoms with van der Waals surface area (Å²) in [6.45, 7) is 5.17. The van der Waals surface area contributed by atoms with Gasteiger partial charge in [0.15, 0.2) is 0 Å². The second kappa shape index (κ2) is 7.27. The second-order valence-electron chi connectivity index (χ2n) is 6.98. The lowest BCUT2D eigenvalue weighted by Gasteiger charge is -2.25. The fraction of sp³-hybridized carbons (Fsp3) is 0.474. The number of amides is 1. The van der Waals surface area contributed by atoms with Gasteiger partial charge >= 0.3 is 0 Å². The maximum atomic E-state index is 12.5. The molecule has 1 aliphatic rings. The van der Waals surface area contributed by atoms with E-state index in [0.29, 0.717) is 12.6 Å². The van der Waals surface area contributed by atoms with Crippen LogP contribution in [0.3, 0.4) is 0 Å². The number of rotatable bonds is 5. The Labute approximate surface area is 149 Å². The van der Waals surface area contributed by atoms with E-state index in [9.17, 15) is 4.79 Å². The second-order valence-corrected chi connectivity index (χ2v) is 6.98. The zero-order valence-electron chi connectivity index (χ0n) is 15.5. The number of nitrogens with one attached hydrogen (secondary N) is 2. The van der Waals surface area contributed by atoms with E-state index in [-0.39, 0.29) is 5.91 Å². The van der Waals surface area contributed by atoms with Crippen molar-refractivity contribution < 1.29 is 4.79 Å². The fourth-order valence-corrected chi connectivity index (χ4v) is 3.50. The largest absolute Gasteiger partial charge is 0.378 e. The van der Waals surface area contributed by atoms with Gasteiger partial charge < -0.3 is 10.2 Å². The van der Waals surface area contributed by atoms with Crippen molar-refractivity contribution in [1.29, 1.82) is 0 Å². The number of aromatic amines is 1. The molecule has 6 heteroatoms. The molecule has 2 heterocycles. The number of carbonyl (C=O) groups excluding carboxylic acids is 1. The van der Waals surface area contributed by atoms with Gasteiger partial charge in [0.25, 0.3) is 0 Å². The summed E-state index contributed by atoms with van der Waals surface area (Å²) in [6, 6.07) is 8.90. The smallest absolute Gasteiger partial charge is 0.238 e. The van der Waals surface area contributed by atoms with Crippen LogP contribution in [0.4, 0.5) is 11.4 Å². The highest BCUT2D eigenvalue weighted by atomic mass is 16.2. The Morgan fingerprint density at radius 3 is 2.88 bits per heavy atom. The molecule has 1 aliphatic heterocycles. The molecule has 0 saturated carbocycles. The third-order valence-corrected chi connectivity index (χ3v) is 4.87. The first-order valence-corrected chi connectivity index (χ1v) is 8.78. The molecule has 1 atom stereocenters. The van der Waals surface area contributed by atoms with Gasteiger partial charge in [0, 0.05) is 25.8 Å². The Morgan fingerprint density at radius 1 is 1.40 bits per heavy atom. The molecule has 2 aromatic rings. The summed E-state index contributed by atoms with van der Waals surface area (Å²) < 4.78 is 0. The average Bonchev–Trinajstić information content (AvgIpc) is 3.16. The van der Waals surface area contributed by atoms with Gasteiger partial charge in [-0.1, -0.05) is 12.1 Å². The number of nitrogens with zero attached hydrogens (tertiary/aromatic N) is 3. The van der Waals surface area contributed by atoms with Crippen LogP contribution in [0.25, 0.3) is 0 Å². The van der Waals surface area contributed by atoms with Crippen LogP contribution in [0.5, 0.6) is 0 Å². The van der Waals surface area contributed by atoms with Crippen LogP contribution in [0, 0.1) is 13.8 Å². The van der Waals surface area contributed by atoms with Gasteiger partial charge in [0.1, 0.15) is 0 Å². The van der Waals surface area contributed by atoms with E-state index in [4.69, 9.17) is 0 Å². The van der Waals surface area contributed by atoms with E-state index in [1.165, 1.54) is 11.3 Å². The molecule has 0 spiro atoms. The third kappa shape index (κ3) is 3.85. The number of aryl methyl sites for hydroxylation is 2. The Hall–Kier alpha value is -2.34. The first-order valence-electron chi connectivity index (χ1n) is 8.78. The highest BCUT2D eigenvalue weighted by molar-refractivity contribution is 5.93. The molecule has 1 aromatic carbocycles. The Kier molecular flexibility index (Phi) is 5.08. The Balaban J connectivity index is 1.69. The summed E-state index contributed by atoms with van der Waals surface area (Å²) in [7, 11) is 4.10. The minimum atomic E-state index is 0.0169. The van der Waals surface area contributed by atoms with Crippen molar-refractivity contribution in [2.45, 2.75) is 32.7 Å². The normalized spacial score (nSPS) is 17.7. The highest BCUT2D eigenvalue weighted by Gasteiger charge is 2.28. The molecule has 134 valence electrons. The van der Waals surface area contributed by atoms with Gasteiger partial charge in [-0.3, -0.25) is 14.8 Å². The van der Waals surface area contributed by atoms with Crippen molar-refractivity contribution in [3.63, 3.8) is 0 Å². The van der Waals surface area contributed by atoms with Gasteiger partial charge in [-0.05, 0) is 50.9 Å². The molecule has 2 N–H and O–H groups in total. The third-order valence-electron chi connectivity index (χ3n) is 4.87. The molecule has 0 bridgehead atoms. The maximum Gasteiger partial charge on any atom is 0.238 e. The van der Waals surface area contributed by atoms with Crippen LogP contribution in [0.15, 0.2) is 24.3 Å². The predicted octanol–water partition coefficient (Wildman–Crippen LogP) is 2.87. The van der Waals surface area contributed by atoms with Crippen LogP contribution < -0.4 is 10.2 Å². The topological polar surface area (TPSA) is 64.3 Å². The molecule has 3 rings (SSSR count). The van der Waals surface area contributed by atoms with Crippen molar-refractivity contribution in [2.24, 2.45) is 0 Å². The lowest BCUT2D eigenvalue weighted by atomic mass is 10.0. The molecular weight excluding hydrogens is 314 g/mol. The highest BCUT2D eigenvalue weighted by Crippen LogP contribution is 2.33. The minimum absolute atomic E-state index is 0.0169. The van der Waals surface area contributed by atoms with Crippen molar-refractivity contribution in [3.05, 3.63) is 41.2 Å². The van der Waals surface area contributed by atoms with Crippen LogP contribution in [-0.2, 0) is 4.79 Å². The number of H-pyrrole nitrogens is 1. The van der Waals surface area contributed by atoms with Gasteiger partial charge in [-0.2, -0.15) is 5.10 Å². The average molecular weight is 341 g/mol. The number of hydrogen-bond donors (Lipinski definition) is 2. The molecule has 1 aromatic heterocycles. The molecule has 6 nitrogen and oxygen atoms in total. The maximum absolute atomic E-state index is 12.5. The minimum Gasteiger partial charge on any atom is -0.378 e. The van der Waals surface area contributed by atoms with Crippen LogP contribution in [-0.4, -0.2) is 48.2 Å². The van der Waals surface area contributed by atoms with E-state index < -0.39 is 0 Å². The fourth-order valence-electron chi connectivity index (χ4n) is 3.50. The Bertz CT molecular complexity index is 733. The molecular formula is C19H27N5O. The first-order chi connectivity index (χ1) is 12.0. The molecule has 1 fully saturated rings. The summed E-state index contributed by atoms with van der Waals surface area (Å²) in [4.78, 5) is 16.9. The summed E-state index contributed by atoms with van der Waals surface area (Å²) in [5, 5.41) is 10.0. The van der Waals surface area contributed by atoms with Crippen LogP contribution >= 0.6 is 0 Å². The lowest BCUT2D eigenvalue weighted by Crippen LogP contribution is -2.33. The molecule has 0 aliphatic carbocycles. The molecule has 0 radical (unpaired) electrons. The lowest BCUT2D eigenvalue weighted by molar-refractivity contribution is -0.117. The SMILES string of the molecule is Cc1n[nH]c(C)c1NC(=O)CN1CCC[C@@H]1c1cccc(N(C)C)c1. The van der Waals surface area contributed by atoms with Crippen LogP contribution in [0.2, 0.25) is 0 Å². The number of anilines is 2. The van der Waals surface area contributed by atoms with Crippen LogP contribution in [0.1, 0.15) is 35.8 Å². The first kappa shape index (κ1) is 17.5. The summed E-state index contributed by atoms with van der Waals surface area (Å²) in [5.74, 6) is 0.0169. The quantitative estimate of drug-likeness (QED) is 0.878. The van der Waals surface area contributed by atoms with E-state index in [0.717, 1.165) is 36.5 Å². The standard InChI is InChI=1S/C19H27N5O/c1-13-19(14(2)22-21-13)20-18(25)12-24-10-6-9-17(24)15-7-5-8-16(11-15)23(3)4/h5,7-8,11,17H,6,9-10,12H2,1-4H3,(H,20,25)(H,21,22)/t17-/m1/s1. The number of likely N-dealkylation sites (tertiary alicyclic amines) is 1. The van der Waals surface area contributed by atoms with E-state index in [1.807, 2.05) is 13.8 Å². The summed E-state index contributed by atoms with van der Waals surface area (Å²) in [5.41, 5.74) is 4.99. The molecule has 1 amide bonds.